The number of ketones is 1. The van der Waals surface area contributed by atoms with Crippen LogP contribution in [0.15, 0.2) is 41.3 Å². The van der Waals surface area contributed by atoms with Gasteiger partial charge in [0.05, 0.1) is 70.2 Å². The van der Waals surface area contributed by atoms with Crippen LogP contribution in [0.4, 0.5) is 13.2 Å². The van der Waals surface area contributed by atoms with Crippen molar-refractivity contribution in [3.8, 4) is 0 Å². The van der Waals surface area contributed by atoms with Gasteiger partial charge in [0.1, 0.15) is 5.78 Å². The first-order valence-corrected chi connectivity index (χ1v) is 25.6. The van der Waals surface area contributed by atoms with Crippen LogP contribution in [-0.4, -0.2) is 101 Å². The Morgan fingerprint density at radius 1 is 0.894 bits per heavy atom. The second-order valence-corrected chi connectivity index (χ2v) is 22.3. The molecule has 17 heteroatoms. The molecule has 6 rings (SSSR count). The molecule has 1 aromatic carbocycles. The van der Waals surface area contributed by atoms with Gasteiger partial charge in [0.2, 0.25) is 10.0 Å². The number of Topliss-reactive ketones (excluding diaryl/α,β-unsaturated/α-hetero) is 1. The third-order valence-corrected chi connectivity index (χ3v) is 17.7. The van der Waals surface area contributed by atoms with Crippen LogP contribution in [0, 0.1) is 41.4 Å². The molecule has 1 unspecified atom stereocenters. The molecule has 0 aromatic heterocycles. The van der Waals surface area contributed by atoms with Crippen LogP contribution in [0.2, 0.25) is 0 Å². The first-order chi connectivity index (χ1) is 30.7. The number of nitrogens with one attached hydrogen (secondary N) is 1. The van der Waals surface area contributed by atoms with Crippen molar-refractivity contribution in [2.24, 2.45) is 41.4 Å². The van der Waals surface area contributed by atoms with Crippen molar-refractivity contribution in [3.63, 3.8) is 0 Å². The minimum atomic E-state index is -4.67. The summed E-state index contributed by atoms with van der Waals surface area (Å²) in [6.45, 7) is 18.8. The van der Waals surface area contributed by atoms with Gasteiger partial charge in [-0.25, -0.2) is 8.42 Å². The molecular formula is C49H74F3NO12S. The molecule has 0 saturated carbocycles. The third-order valence-electron chi connectivity index (χ3n) is 16.3. The normalized spacial score (nSPS) is 39.9. The summed E-state index contributed by atoms with van der Waals surface area (Å²) in [6.07, 6.45) is -0.658. The van der Waals surface area contributed by atoms with Crippen molar-refractivity contribution in [2.45, 2.75) is 210 Å². The maximum Gasteiger partial charge on any atom is 0.416 e. The average Bonchev–Trinajstić information content (AvgIpc) is 3.61. The summed E-state index contributed by atoms with van der Waals surface area (Å²) in [7, 11) is -4.47. The summed E-state index contributed by atoms with van der Waals surface area (Å²) < 4.78 is 105. The highest BCUT2D eigenvalue weighted by atomic mass is 32.2. The van der Waals surface area contributed by atoms with Gasteiger partial charge in [0.15, 0.2) is 11.6 Å². The van der Waals surface area contributed by atoms with E-state index in [-0.39, 0.29) is 34.9 Å². The number of ether oxygens (including phenoxy) is 5. The van der Waals surface area contributed by atoms with Crippen molar-refractivity contribution < 1.29 is 70.2 Å². The predicted molar refractivity (Wildman–Crippen MR) is 238 cm³/mol. The van der Waals surface area contributed by atoms with Gasteiger partial charge in [-0.05, 0) is 114 Å². The molecule has 4 N–H and O–H groups in total. The van der Waals surface area contributed by atoms with Crippen LogP contribution in [0.3, 0.4) is 0 Å². The first kappa shape index (κ1) is 52.9. The first-order valence-electron chi connectivity index (χ1n) is 24.1. The number of carbonyl (C=O) groups is 2. The highest BCUT2D eigenvalue weighted by molar-refractivity contribution is 7.89. The van der Waals surface area contributed by atoms with Crippen LogP contribution < -0.4 is 4.72 Å². The molecule has 13 nitrogen and oxygen atoms in total. The van der Waals surface area contributed by atoms with Crippen molar-refractivity contribution in [2.75, 3.05) is 0 Å². The van der Waals surface area contributed by atoms with Crippen LogP contribution in [0.5, 0.6) is 0 Å². The minimum absolute atomic E-state index is 0.0302. The quantitative estimate of drug-likeness (QED) is 0.124. The number of hydrogen-bond acceptors (Lipinski definition) is 11. The average molecular weight is 958 g/mol. The largest absolute Gasteiger partial charge is 0.481 e. The van der Waals surface area contributed by atoms with Gasteiger partial charge in [-0.15, -0.1) is 0 Å². The summed E-state index contributed by atoms with van der Waals surface area (Å²) in [5.41, 5.74) is -3.06. The lowest BCUT2D eigenvalue weighted by atomic mass is 9.72. The van der Waals surface area contributed by atoms with Gasteiger partial charge in [-0.2, -0.15) is 17.9 Å². The van der Waals surface area contributed by atoms with Gasteiger partial charge in [0.25, 0.3) is 0 Å². The van der Waals surface area contributed by atoms with Crippen molar-refractivity contribution in [1.82, 2.24) is 4.72 Å². The van der Waals surface area contributed by atoms with E-state index in [2.05, 4.69) is 4.72 Å². The zero-order chi connectivity index (χ0) is 48.9. The fraction of sp³-hybridized carbons (Fsp3) is 0.796. The summed E-state index contributed by atoms with van der Waals surface area (Å²) >= 11 is 0. The number of carbonyl (C=O) groups excluding carboxylic acids is 1. The van der Waals surface area contributed by atoms with E-state index in [1.54, 1.807) is 19.1 Å². The van der Waals surface area contributed by atoms with E-state index in [9.17, 15) is 46.5 Å². The Hall–Kier alpha value is -2.48. The predicted octanol–water partition coefficient (Wildman–Crippen LogP) is 8.19. The maximum atomic E-state index is 14.7. The molecule has 2 spiro atoms. The van der Waals surface area contributed by atoms with E-state index in [0.717, 1.165) is 18.6 Å². The number of carboxylic acid groups (broad SMARTS) is 1. The molecule has 1 aromatic rings. The van der Waals surface area contributed by atoms with Crippen molar-refractivity contribution in [1.29, 1.82) is 0 Å². The van der Waals surface area contributed by atoms with Crippen molar-refractivity contribution in [3.05, 3.63) is 42.0 Å². The van der Waals surface area contributed by atoms with E-state index in [4.69, 9.17) is 23.7 Å². The Labute approximate surface area is 388 Å². The molecule has 5 heterocycles. The number of aliphatic hydroxyl groups excluding tert-OH is 1. The number of carboxylic acids is 1. The van der Waals surface area contributed by atoms with Gasteiger partial charge >= 0.3 is 12.1 Å². The fourth-order valence-electron chi connectivity index (χ4n) is 11.7. The SMILES string of the molecule is CCC(C(=O)[C@@H](C)[C@@H](O)[C@H](C)[C@@H]1O[C@@H]([C@@H](CC)C(=O)O)CC[C@@H]1C)[C@H]1O[C@]2(C=C[C@@H](NS(=O)(=O)c3ccc(C(F)(F)F)cc3)[C@]3(CC[C@@](C)([C@H]4CC[C@](O)(CC)[C@H](C)O4)O3)O2)[C@H](C)C[C@@H]1C. The van der Waals surface area contributed by atoms with E-state index < -0.39 is 117 Å². The number of aliphatic hydroxyl groups is 2. The number of sulfonamides is 1. The zero-order valence-corrected chi connectivity index (χ0v) is 41.0. The van der Waals surface area contributed by atoms with Gasteiger partial charge in [-0.1, -0.05) is 61.5 Å². The van der Waals surface area contributed by atoms with Crippen LogP contribution >= 0.6 is 0 Å². The summed E-state index contributed by atoms with van der Waals surface area (Å²) in [5, 5.41) is 32.9. The fourth-order valence-corrected chi connectivity index (χ4v) is 12.9. The molecule has 18 atom stereocenters. The standard InChI is InChI=1S/C49H74F3NO12S/c1-11-35(44(56)57)37-19-14-27(4)42(62-37)31(8)40(54)30(7)41(55)36(12-2)43-28(5)26-29(6)47(63-43)23-20-38(53-66(59,60)34-17-15-33(16-18-34)49(50,51)52)48(65-47)25-24-45(10,64-48)39-21-22-46(58,13-3)32(9)61-39/h15-18,20,23,27-32,35-40,42-43,53-54,58H,11-14,19,21-22,24-26H2,1-10H3,(H,56,57)/t27-,28-,29+,30-,31-,32-,35+,36?,37+,38+,39+,40+,42+,43-,45-,46+,47-,48-/m0/s1. The van der Waals surface area contributed by atoms with Gasteiger partial charge in [0, 0.05) is 30.1 Å². The lowest BCUT2D eigenvalue weighted by Gasteiger charge is -2.55. The van der Waals surface area contributed by atoms with E-state index in [1.165, 1.54) is 0 Å². The summed E-state index contributed by atoms with van der Waals surface area (Å²) in [5.74, 6) is -7.52. The Bertz CT molecular complexity index is 2020. The van der Waals surface area contributed by atoms with Gasteiger partial charge in [-0.3, -0.25) is 9.59 Å². The van der Waals surface area contributed by atoms with Crippen LogP contribution in [0.25, 0.3) is 0 Å². The number of halogens is 3. The second kappa shape index (κ2) is 19.7. The Morgan fingerprint density at radius 2 is 1.55 bits per heavy atom. The smallest absolute Gasteiger partial charge is 0.416 e. The second-order valence-electron chi connectivity index (χ2n) is 20.6. The minimum Gasteiger partial charge on any atom is -0.481 e. The molecule has 374 valence electrons. The zero-order valence-electron chi connectivity index (χ0n) is 40.2. The lowest BCUT2D eigenvalue weighted by molar-refractivity contribution is -0.397. The lowest BCUT2D eigenvalue weighted by Crippen LogP contribution is -2.65. The van der Waals surface area contributed by atoms with E-state index in [0.29, 0.717) is 63.5 Å². The molecule has 5 aliphatic heterocycles. The molecule has 0 aliphatic carbocycles. The molecule has 66 heavy (non-hydrogen) atoms. The molecule has 5 aliphatic rings. The molecular weight excluding hydrogens is 884 g/mol. The highest BCUT2D eigenvalue weighted by Crippen LogP contribution is 2.54. The van der Waals surface area contributed by atoms with Crippen molar-refractivity contribution >= 4 is 21.8 Å². The summed E-state index contributed by atoms with van der Waals surface area (Å²) in [6, 6.07) is 2.04. The molecule has 4 saturated heterocycles. The Morgan fingerprint density at radius 3 is 2.12 bits per heavy atom. The molecule has 0 amide bonds. The number of hydrogen-bond donors (Lipinski definition) is 4. The Kier molecular flexibility index (Phi) is 15.8. The highest BCUT2D eigenvalue weighted by Gasteiger charge is 2.64. The maximum absolute atomic E-state index is 14.7. The van der Waals surface area contributed by atoms with E-state index in [1.807, 2.05) is 62.3 Å². The molecule has 0 bridgehead atoms. The number of alkyl halides is 3. The number of benzene rings is 1. The topological polar surface area (TPSA) is 187 Å². The number of rotatable bonds is 15. The van der Waals surface area contributed by atoms with Crippen LogP contribution in [-0.2, 0) is 49.5 Å². The Balaban J connectivity index is 1.29. The van der Waals surface area contributed by atoms with Gasteiger partial charge < -0.3 is 39.0 Å². The van der Waals surface area contributed by atoms with E-state index >= 15 is 0 Å². The molecule has 0 radical (unpaired) electrons. The summed E-state index contributed by atoms with van der Waals surface area (Å²) in [4.78, 5) is 26.3. The monoisotopic (exact) mass is 957 g/mol. The molecule has 4 fully saturated rings. The number of aliphatic carboxylic acids is 1. The third kappa shape index (κ3) is 10.2. The van der Waals surface area contributed by atoms with Crippen LogP contribution in [0.1, 0.15) is 139 Å².